The number of ether oxygens (including phenoxy) is 1. The second kappa shape index (κ2) is 12.4. The van der Waals surface area contributed by atoms with Crippen molar-refractivity contribution in [2.24, 2.45) is 0 Å². The van der Waals surface area contributed by atoms with Gasteiger partial charge in [0.15, 0.2) is 0 Å². The highest BCUT2D eigenvalue weighted by Gasteiger charge is 2.18. The number of aromatic nitrogens is 2. The van der Waals surface area contributed by atoms with Gasteiger partial charge in [0, 0.05) is 39.4 Å². The summed E-state index contributed by atoms with van der Waals surface area (Å²) in [6, 6.07) is 0. The minimum atomic E-state index is -0.236. The van der Waals surface area contributed by atoms with Gasteiger partial charge in [-0.05, 0) is 13.3 Å². The van der Waals surface area contributed by atoms with Gasteiger partial charge in [0.1, 0.15) is 5.69 Å². The zero-order valence-electron chi connectivity index (χ0n) is 15.6. The molecule has 1 aromatic heterocycles. The molecule has 0 unspecified atom stereocenters. The molecule has 25 heavy (non-hydrogen) atoms. The van der Waals surface area contributed by atoms with E-state index in [1.807, 2.05) is 6.92 Å². The molecule has 0 radical (unpaired) electrons. The Morgan fingerprint density at radius 2 is 1.96 bits per heavy atom. The van der Waals surface area contributed by atoms with Gasteiger partial charge in [0.2, 0.25) is 5.91 Å². The summed E-state index contributed by atoms with van der Waals surface area (Å²) in [5.41, 5.74) is 1.03. The van der Waals surface area contributed by atoms with Crippen LogP contribution in [-0.4, -0.2) is 60.0 Å². The van der Waals surface area contributed by atoms with Gasteiger partial charge in [0.25, 0.3) is 5.91 Å². The first-order chi connectivity index (χ1) is 12.1. The normalized spacial score (nSPS) is 10.5. The molecule has 7 heteroatoms. The first-order valence-corrected chi connectivity index (χ1v) is 8.92. The summed E-state index contributed by atoms with van der Waals surface area (Å²) in [5, 5.41) is 2.90. The number of unbranched alkanes of at least 4 members (excludes halogenated alkanes) is 3. The lowest BCUT2D eigenvalue weighted by atomic mass is 10.2. The van der Waals surface area contributed by atoms with Gasteiger partial charge in [-0.2, -0.15) is 0 Å². The number of nitrogens with zero attached hydrogens (tertiary/aromatic N) is 3. The molecule has 0 saturated carbocycles. The maximum Gasteiger partial charge on any atom is 0.274 e. The maximum atomic E-state index is 12.5. The highest BCUT2D eigenvalue weighted by molar-refractivity contribution is 5.92. The number of amides is 2. The van der Waals surface area contributed by atoms with E-state index in [1.165, 1.54) is 19.0 Å². The van der Waals surface area contributed by atoms with Gasteiger partial charge in [-0.1, -0.05) is 26.2 Å². The Balaban J connectivity index is 2.48. The molecule has 1 N–H and O–H groups in total. The monoisotopic (exact) mass is 350 g/mol. The lowest BCUT2D eigenvalue weighted by Crippen LogP contribution is -2.38. The smallest absolute Gasteiger partial charge is 0.274 e. The predicted octanol–water partition coefficient (Wildman–Crippen LogP) is 1.96. The van der Waals surface area contributed by atoms with Crippen molar-refractivity contribution in [3.63, 3.8) is 0 Å². The number of nitrogens with one attached hydrogen (secondary N) is 1. The molecule has 1 heterocycles. The fourth-order valence-corrected chi connectivity index (χ4v) is 2.29. The molecule has 0 fully saturated rings. The van der Waals surface area contributed by atoms with E-state index in [1.54, 1.807) is 18.2 Å². The summed E-state index contributed by atoms with van der Waals surface area (Å²) in [7, 11) is 1.58. The van der Waals surface area contributed by atoms with Crippen molar-refractivity contribution < 1.29 is 14.3 Å². The Kier molecular flexibility index (Phi) is 10.4. The molecule has 7 nitrogen and oxygen atoms in total. The van der Waals surface area contributed by atoms with Crippen molar-refractivity contribution >= 4 is 11.8 Å². The molecule has 0 saturated heterocycles. The Labute approximate surface area is 150 Å². The lowest BCUT2D eigenvalue weighted by molar-refractivity contribution is -0.121. The van der Waals surface area contributed by atoms with Crippen molar-refractivity contribution in [2.45, 2.75) is 46.0 Å². The molecule has 2 amide bonds. The van der Waals surface area contributed by atoms with Crippen LogP contribution in [-0.2, 0) is 9.53 Å². The zero-order chi connectivity index (χ0) is 18.5. The van der Waals surface area contributed by atoms with E-state index in [4.69, 9.17) is 4.74 Å². The SMILES string of the molecule is CCCCCCNC(=O)CCN(CCOC)C(=O)c1cnc(C)cn1. The number of carbonyl (C=O) groups is 2. The van der Waals surface area contributed by atoms with E-state index in [2.05, 4.69) is 22.2 Å². The molecule has 1 rings (SSSR count). The van der Waals surface area contributed by atoms with Gasteiger partial charge in [0.05, 0.1) is 18.5 Å². The van der Waals surface area contributed by atoms with Gasteiger partial charge in [-0.25, -0.2) is 4.98 Å². The maximum absolute atomic E-state index is 12.5. The number of methoxy groups -OCH3 is 1. The average Bonchev–Trinajstić information content (AvgIpc) is 2.61. The predicted molar refractivity (Wildman–Crippen MR) is 96.3 cm³/mol. The fourth-order valence-electron chi connectivity index (χ4n) is 2.29. The van der Waals surface area contributed by atoms with Crippen LogP contribution in [0.3, 0.4) is 0 Å². The first-order valence-electron chi connectivity index (χ1n) is 8.92. The van der Waals surface area contributed by atoms with Crippen LogP contribution in [0.15, 0.2) is 12.4 Å². The fraction of sp³-hybridized carbons (Fsp3) is 0.667. The number of hydrogen-bond acceptors (Lipinski definition) is 5. The van der Waals surface area contributed by atoms with Crippen molar-refractivity contribution in [1.29, 1.82) is 0 Å². The van der Waals surface area contributed by atoms with Crippen molar-refractivity contribution in [1.82, 2.24) is 20.2 Å². The molecular formula is C18H30N4O3. The number of rotatable bonds is 12. The zero-order valence-corrected chi connectivity index (χ0v) is 15.6. The Morgan fingerprint density at radius 3 is 2.60 bits per heavy atom. The van der Waals surface area contributed by atoms with Crippen LogP contribution in [0.1, 0.15) is 55.2 Å². The van der Waals surface area contributed by atoms with E-state index < -0.39 is 0 Å². The quantitative estimate of drug-likeness (QED) is 0.583. The Bertz CT molecular complexity index is 520. The topological polar surface area (TPSA) is 84.4 Å². The van der Waals surface area contributed by atoms with Crippen LogP contribution in [0, 0.1) is 6.92 Å². The van der Waals surface area contributed by atoms with E-state index in [-0.39, 0.29) is 23.9 Å². The van der Waals surface area contributed by atoms with Crippen LogP contribution in [0.25, 0.3) is 0 Å². The van der Waals surface area contributed by atoms with Gasteiger partial charge >= 0.3 is 0 Å². The third-order valence-corrected chi connectivity index (χ3v) is 3.81. The third kappa shape index (κ3) is 8.58. The van der Waals surface area contributed by atoms with Crippen LogP contribution in [0.4, 0.5) is 0 Å². The molecule has 0 atom stereocenters. The molecule has 140 valence electrons. The van der Waals surface area contributed by atoms with Crippen LogP contribution < -0.4 is 5.32 Å². The van der Waals surface area contributed by atoms with Gasteiger partial charge in [-0.3, -0.25) is 14.6 Å². The molecule has 0 aromatic carbocycles. The summed E-state index contributed by atoms with van der Waals surface area (Å²) in [4.78, 5) is 34.3. The average molecular weight is 350 g/mol. The molecule has 0 aliphatic rings. The van der Waals surface area contributed by atoms with Crippen LogP contribution >= 0.6 is 0 Å². The summed E-state index contributed by atoms with van der Waals surface area (Å²) in [5.74, 6) is -0.276. The van der Waals surface area contributed by atoms with E-state index in [0.29, 0.717) is 26.2 Å². The highest BCUT2D eigenvalue weighted by Crippen LogP contribution is 2.03. The minimum absolute atomic E-state index is 0.0401. The number of aryl methyl sites for hydroxylation is 1. The van der Waals surface area contributed by atoms with Crippen molar-refractivity contribution in [2.75, 3.05) is 33.4 Å². The first kappa shape index (κ1) is 21.0. The number of carbonyl (C=O) groups excluding carboxylic acids is 2. The summed E-state index contributed by atoms with van der Waals surface area (Å²) in [6.07, 6.45) is 7.77. The van der Waals surface area contributed by atoms with Gasteiger partial charge < -0.3 is 15.0 Å². The summed E-state index contributed by atoms with van der Waals surface area (Å²) >= 11 is 0. The number of hydrogen-bond donors (Lipinski definition) is 1. The van der Waals surface area contributed by atoms with Crippen molar-refractivity contribution in [3.05, 3.63) is 23.8 Å². The molecular weight excluding hydrogens is 320 g/mol. The molecule has 1 aromatic rings. The van der Waals surface area contributed by atoms with Crippen LogP contribution in [0.5, 0.6) is 0 Å². The van der Waals surface area contributed by atoms with E-state index in [0.717, 1.165) is 18.5 Å². The largest absolute Gasteiger partial charge is 0.383 e. The Morgan fingerprint density at radius 1 is 1.16 bits per heavy atom. The van der Waals surface area contributed by atoms with Gasteiger partial charge in [-0.15, -0.1) is 0 Å². The Hall–Kier alpha value is -2.02. The molecule has 0 aliphatic carbocycles. The van der Waals surface area contributed by atoms with E-state index in [9.17, 15) is 9.59 Å². The summed E-state index contributed by atoms with van der Waals surface area (Å²) < 4.78 is 5.06. The third-order valence-electron chi connectivity index (χ3n) is 3.81. The second-order valence-corrected chi connectivity index (χ2v) is 5.99. The molecule has 0 bridgehead atoms. The van der Waals surface area contributed by atoms with Crippen molar-refractivity contribution in [3.8, 4) is 0 Å². The van der Waals surface area contributed by atoms with Crippen LogP contribution in [0.2, 0.25) is 0 Å². The second-order valence-electron chi connectivity index (χ2n) is 5.99. The van der Waals surface area contributed by atoms with E-state index >= 15 is 0 Å². The molecule has 0 spiro atoms. The molecule has 0 aliphatic heterocycles. The summed E-state index contributed by atoms with van der Waals surface area (Å²) in [6.45, 7) is 5.81. The minimum Gasteiger partial charge on any atom is -0.383 e. The standard InChI is InChI=1S/C18H30N4O3/c1-4-5-6-7-9-19-17(23)8-10-22(11-12-25-3)18(24)16-14-20-15(2)13-21-16/h13-14H,4-12H2,1-3H3,(H,19,23). The highest BCUT2D eigenvalue weighted by atomic mass is 16.5. The lowest BCUT2D eigenvalue weighted by Gasteiger charge is -2.21.